The fourth-order valence-electron chi connectivity index (χ4n) is 4.04. The Morgan fingerprint density at radius 2 is 1.74 bits per heavy atom. The SMILES string of the molecule is CCC(C(=O)Nc1cccc(OC)c1)n1c(=O)c(-c2ccccc2NC(C)=O)nc2ccccc21. The van der Waals surface area contributed by atoms with Crippen LogP contribution in [0.2, 0.25) is 0 Å². The first kappa shape index (κ1) is 23.7. The molecule has 2 amide bonds. The quantitative estimate of drug-likeness (QED) is 0.410. The number of aromatic nitrogens is 2. The minimum absolute atomic E-state index is 0.153. The Morgan fingerprint density at radius 3 is 2.49 bits per heavy atom. The molecule has 0 bridgehead atoms. The minimum atomic E-state index is -0.798. The lowest BCUT2D eigenvalue weighted by Gasteiger charge is -2.21. The molecule has 3 aromatic carbocycles. The first-order valence-electron chi connectivity index (χ1n) is 11.3. The summed E-state index contributed by atoms with van der Waals surface area (Å²) in [5.74, 6) is 0.0159. The maximum atomic E-state index is 13.9. The molecule has 1 unspecified atom stereocenters. The van der Waals surface area contributed by atoms with Gasteiger partial charge >= 0.3 is 0 Å². The van der Waals surface area contributed by atoms with Crippen LogP contribution in [0.5, 0.6) is 5.75 Å². The molecule has 4 aromatic rings. The van der Waals surface area contributed by atoms with Crippen LogP contribution < -0.4 is 20.9 Å². The van der Waals surface area contributed by atoms with E-state index in [2.05, 4.69) is 15.6 Å². The molecule has 1 atom stereocenters. The Balaban J connectivity index is 1.87. The van der Waals surface area contributed by atoms with E-state index in [-0.39, 0.29) is 17.5 Å². The van der Waals surface area contributed by atoms with Crippen molar-refractivity contribution in [3.8, 4) is 17.0 Å². The molecule has 4 rings (SSSR count). The zero-order valence-corrected chi connectivity index (χ0v) is 19.7. The first-order valence-corrected chi connectivity index (χ1v) is 11.3. The third-order valence-corrected chi connectivity index (χ3v) is 5.63. The average Bonchev–Trinajstić information content (AvgIpc) is 2.85. The van der Waals surface area contributed by atoms with Gasteiger partial charge in [-0.05, 0) is 36.8 Å². The largest absolute Gasteiger partial charge is 0.497 e. The molecule has 0 fully saturated rings. The van der Waals surface area contributed by atoms with Gasteiger partial charge in [0.05, 0.1) is 23.8 Å². The van der Waals surface area contributed by atoms with E-state index in [1.807, 2.05) is 13.0 Å². The summed E-state index contributed by atoms with van der Waals surface area (Å²) in [6.07, 6.45) is 0.372. The zero-order valence-electron chi connectivity index (χ0n) is 19.7. The summed E-state index contributed by atoms with van der Waals surface area (Å²) in [4.78, 5) is 43.6. The van der Waals surface area contributed by atoms with Crippen molar-refractivity contribution in [3.05, 3.63) is 83.2 Å². The highest BCUT2D eigenvalue weighted by molar-refractivity contribution is 5.96. The third-order valence-electron chi connectivity index (χ3n) is 5.63. The molecule has 1 aromatic heterocycles. The van der Waals surface area contributed by atoms with Crippen molar-refractivity contribution in [2.45, 2.75) is 26.3 Å². The molecule has 0 radical (unpaired) electrons. The van der Waals surface area contributed by atoms with Crippen LogP contribution >= 0.6 is 0 Å². The molecule has 0 spiro atoms. The van der Waals surface area contributed by atoms with Crippen LogP contribution in [-0.2, 0) is 9.59 Å². The Hall–Kier alpha value is -4.46. The summed E-state index contributed by atoms with van der Waals surface area (Å²) < 4.78 is 6.73. The summed E-state index contributed by atoms with van der Waals surface area (Å²) in [7, 11) is 1.55. The van der Waals surface area contributed by atoms with Gasteiger partial charge in [-0.1, -0.05) is 43.3 Å². The predicted octanol–water partition coefficient (Wildman–Crippen LogP) is 4.62. The van der Waals surface area contributed by atoms with E-state index < -0.39 is 11.6 Å². The molecule has 178 valence electrons. The van der Waals surface area contributed by atoms with Gasteiger partial charge in [-0.15, -0.1) is 0 Å². The number of nitrogens with one attached hydrogen (secondary N) is 2. The summed E-state index contributed by atoms with van der Waals surface area (Å²) in [6, 6.07) is 20.4. The molecule has 8 nitrogen and oxygen atoms in total. The molecule has 0 aliphatic carbocycles. The number of anilines is 2. The molecule has 0 aliphatic rings. The van der Waals surface area contributed by atoms with Gasteiger partial charge in [0.15, 0.2) is 0 Å². The number of ether oxygens (including phenoxy) is 1. The standard InChI is InChI=1S/C27H26N4O4/c1-4-23(26(33)29-18-10-9-11-19(16-18)35-3)31-24-15-8-7-14-22(24)30-25(27(31)34)20-12-5-6-13-21(20)28-17(2)32/h5-16,23H,4H2,1-3H3,(H,28,32)(H,29,33). The average molecular weight is 471 g/mol. The number of hydrogen-bond donors (Lipinski definition) is 2. The Bertz CT molecular complexity index is 1460. The number of carbonyl (C=O) groups excluding carboxylic acids is 2. The van der Waals surface area contributed by atoms with Crippen LogP contribution in [0.25, 0.3) is 22.3 Å². The number of para-hydroxylation sites is 3. The van der Waals surface area contributed by atoms with Crippen LogP contribution in [-0.4, -0.2) is 28.5 Å². The van der Waals surface area contributed by atoms with E-state index in [4.69, 9.17) is 4.74 Å². The lowest BCUT2D eigenvalue weighted by molar-refractivity contribution is -0.119. The molecule has 8 heteroatoms. The predicted molar refractivity (Wildman–Crippen MR) is 137 cm³/mol. The molecule has 0 aliphatic heterocycles. The maximum absolute atomic E-state index is 13.9. The second-order valence-corrected chi connectivity index (χ2v) is 8.00. The van der Waals surface area contributed by atoms with Crippen molar-refractivity contribution in [2.24, 2.45) is 0 Å². The molecular formula is C27H26N4O4. The van der Waals surface area contributed by atoms with Gasteiger partial charge in [-0.3, -0.25) is 19.0 Å². The topological polar surface area (TPSA) is 102 Å². The number of fused-ring (bicyclic) bond motifs is 1. The van der Waals surface area contributed by atoms with Gasteiger partial charge in [0.2, 0.25) is 11.8 Å². The monoisotopic (exact) mass is 470 g/mol. The highest BCUT2D eigenvalue weighted by Gasteiger charge is 2.25. The first-order chi connectivity index (χ1) is 16.9. The second-order valence-electron chi connectivity index (χ2n) is 8.00. The van der Waals surface area contributed by atoms with E-state index in [1.165, 1.54) is 11.5 Å². The third kappa shape index (κ3) is 4.91. The molecule has 0 saturated carbocycles. The van der Waals surface area contributed by atoms with Crippen molar-refractivity contribution in [1.82, 2.24) is 9.55 Å². The molecular weight excluding hydrogens is 444 g/mol. The Morgan fingerprint density at radius 1 is 1.00 bits per heavy atom. The molecule has 35 heavy (non-hydrogen) atoms. The summed E-state index contributed by atoms with van der Waals surface area (Å²) in [6.45, 7) is 3.25. The van der Waals surface area contributed by atoms with Crippen LogP contribution in [0, 0.1) is 0 Å². The van der Waals surface area contributed by atoms with Crippen molar-refractivity contribution in [3.63, 3.8) is 0 Å². The normalized spacial score (nSPS) is 11.6. The van der Waals surface area contributed by atoms with Crippen LogP contribution in [0.3, 0.4) is 0 Å². The number of carbonyl (C=O) groups is 2. The Labute approximate surface area is 202 Å². The van der Waals surface area contributed by atoms with Gasteiger partial charge in [-0.25, -0.2) is 4.98 Å². The lowest BCUT2D eigenvalue weighted by atomic mass is 10.1. The maximum Gasteiger partial charge on any atom is 0.278 e. The van der Waals surface area contributed by atoms with E-state index in [9.17, 15) is 14.4 Å². The van der Waals surface area contributed by atoms with Gasteiger partial charge in [-0.2, -0.15) is 0 Å². The van der Waals surface area contributed by atoms with E-state index in [0.29, 0.717) is 40.1 Å². The van der Waals surface area contributed by atoms with E-state index in [1.54, 1.807) is 73.8 Å². The molecule has 0 saturated heterocycles. The number of rotatable bonds is 7. The van der Waals surface area contributed by atoms with E-state index >= 15 is 0 Å². The van der Waals surface area contributed by atoms with Crippen LogP contribution in [0.15, 0.2) is 77.6 Å². The minimum Gasteiger partial charge on any atom is -0.497 e. The van der Waals surface area contributed by atoms with Crippen LogP contribution in [0.4, 0.5) is 11.4 Å². The highest BCUT2D eigenvalue weighted by atomic mass is 16.5. The fourth-order valence-corrected chi connectivity index (χ4v) is 4.04. The van der Waals surface area contributed by atoms with Gasteiger partial charge in [0.25, 0.3) is 5.56 Å². The number of amides is 2. The van der Waals surface area contributed by atoms with Gasteiger partial charge in [0.1, 0.15) is 17.5 Å². The number of hydrogen-bond acceptors (Lipinski definition) is 5. The van der Waals surface area contributed by atoms with Crippen molar-refractivity contribution in [2.75, 3.05) is 17.7 Å². The highest BCUT2D eigenvalue weighted by Crippen LogP contribution is 2.28. The zero-order chi connectivity index (χ0) is 24.9. The smallest absolute Gasteiger partial charge is 0.278 e. The summed E-state index contributed by atoms with van der Waals surface area (Å²) in [5, 5.41) is 5.66. The second kappa shape index (κ2) is 10.2. The number of nitrogens with zero attached hydrogens (tertiary/aromatic N) is 2. The van der Waals surface area contributed by atoms with Gasteiger partial charge in [0, 0.05) is 24.2 Å². The number of benzene rings is 3. The van der Waals surface area contributed by atoms with Crippen molar-refractivity contribution < 1.29 is 14.3 Å². The number of methoxy groups -OCH3 is 1. The summed E-state index contributed by atoms with van der Waals surface area (Å²) in [5.41, 5.74) is 2.36. The molecule has 1 heterocycles. The van der Waals surface area contributed by atoms with Crippen LogP contribution in [0.1, 0.15) is 26.3 Å². The molecule has 2 N–H and O–H groups in total. The lowest BCUT2D eigenvalue weighted by Crippen LogP contribution is -2.34. The van der Waals surface area contributed by atoms with Crippen molar-refractivity contribution >= 4 is 34.2 Å². The van der Waals surface area contributed by atoms with Crippen molar-refractivity contribution in [1.29, 1.82) is 0 Å². The Kier molecular flexibility index (Phi) is 6.91. The summed E-state index contributed by atoms with van der Waals surface area (Å²) >= 11 is 0. The van der Waals surface area contributed by atoms with Gasteiger partial charge < -0.3 is 15.4 Å². The van der Waals surface area contributed by atoms with E-state index in [0.717, 1.165) is 0 Å². The fraction of sp³-hybridized carbons (Fsp3) is 0.185.